The minimum Gasteiger partial charge on any atom is -0.325 e. The molecule has 1 atom stereocenters. The predicted molar refractivity (Wildman–Crippen MR) is 99.6 cm³/mol. The van der Waals surface area contributed by atoms with Crippen LogP contribution in [0, 0.1) is 5.92 Å². The maximum Gasteiger partial charge on any atom is 0.241 e. The minimum atomic E-state index is -0.552. The van der Waals surface area contributed by atoms with Gasteiger partial charge in [-0.25, -0.2) is 0 Å². The lowest BCUT2D eigenvalue weighted by molar-refractivity contribution is -0.117. The standard InChI is InChI=1S/C19H22N2O2.ClH/c1-13(2)11-17(20)19(23)21-16-10-6-9-15(12-16)18(22)14-7-4-3-5-8-14;/h3-10,12-13,17H,11,20H2,1-2H3,(H,21,23);1H/t17-;/m0./s1. The van der Waals surface area contributed by atoms with Crippen molar-refractivity contribution in [3.05, 3.63) is 65.7 Å². The monoisotopic (exact) mass is 346 g/mol. The fourth-order valence-electron chi connectivity index (χ4n) is 2.34. The number of rotatable bonds is 6. The number of carbonyl (C=O) groups is 2. The molecule has 2 aromatic carbocycles. The van der Waals surface area contributed by atoms with Crippen LogP contribution in [0.1, 0.15) is 36.2 Å². The number of benzene rings is 2. The Bertz CT molecular complexity index is 687. The van der Waals surface area contributed by atoms with Crippen molar-refractivity contribution < 1.29 is 9.59 Å². The molecular formula is C19H23ClN2O2. The smallest absolute Gasteiger partial charge is 0.241 e. The van der Waals surface area contributed by atoms with E-state index in [1.54, 1.807) is 36.4 Å². The fraction of sp³-hybridized carbons (Fsp3) is 0.263. The molecule has 0 fully saturated rings. The normalized spacial score (nSPS) is 11.5. The van der Waals surface area contributed by atoms with Crippen LogP contribution in [0.5, 0.6) is 0 Å². The average molecular weight is 347 g/mol. The van der Waals surface area contributed by atoms with Gasteiger partial charge >= 0.3 is 0 Å². The molecule has 0 radical (unpaired) electrons. The third-order valence-electron chi connectivity index (χ3n) is 3.49. The summed E-state index contributed by atoms with van der Waals surface area (Å²) in [5.41, 5.74) is 7.61. The van der Waals surface area contributed by atoms with E-state index in [2.05, 4.69) is 5.32 Å². The third kappa shape index (κ3) is 5.48. The number of nitrogens with one attached hydrogen (secondary N) is 1. The minimum absolute atomic E-state index is 0. The molecule has 0 saturated carbocycles. The molecule has 1 amide bonds. The SMILES string of the molecule is CC(C)C[C@H](N)C(=O)Nc1cccc(C(=O)c2ccccc2)c1.Cl. The summed E-state index contributed by atoms with van der Waals surface area (Å²) in [7, 11) is 0. The Morgan fingerprint density at radius 2 is 1.62 bits per heavy atom. The molecule has 3 N–H and O–H groups in total. The van der Waals surface area contributed by atoms with Gasteiger partial charge in [0.1, 0.15) is 0 Å². The van der Waals surface area contributed by atoms with Crippen LogP contribution in [0.15, 0.2) is 54.6 Å². The molecule has 0 bridgehead atoms. The zero-order chi connectivity index (χ0) is 16.8. The Balaban J connectivity index is 0.00000288. The van der Waals surface area contributed by atoms with Crippen LogP contribution in [0.4, 0.5) is 5.69 Å². The van der Waals surface area contributed by atoms with Gasteiger partial charge in [-0.05, 0) is 24.5 Å². The van der Waals surface area contributed by atoms with Crippen molar-refractivity contribution in [2.75, 3.05) is 5.32 Å². The van der Waals surface area contributed by atoms with E-state index in [1.165, 1.54) is 0 Å². The van der Waals surface area contributed by atoms with Crippen LogP contribution in [0.2, 0.25) is 0 Å². The lowest BCUT2D eigenvalue weighted by atomic mass is 10.0. The van der Waals surface area contributed by atoms with Gasteiger partial charge in [0.05, 0.1) is 6.04 Å². The van der Waals surface area contributed by atoms with E-state index in [-0.39, 0.29) is 24.1 Å². The van der Waals surface area contributed by atoms with Gasteiger partial charge in [-0.1, -0.05) is 56.3 Å². The van der Waals surface area contributed by atoms with E-state index < -0.39 is 6.04 Å². The van der Waals surface area contributed by atoms with Gasteiger partial charge in [0.25, 0.3) is 0 Å². The summed E-state index contributed by atoms with van der Waals surface area (Å²) in [5, 5.41) is 2.78. The molecule has 2 aromatic rings. The number of ketones is 1. The molecule has 0 heterocycles. The molecule has 0 spiro atoms. The summed E-state index contributed by atoms with van der Waals surface area (Å²) < 4.78 is 0. The first-order valence-corrected chi connectivity index (χ1v) is 7.73. The Labute approximate surface area is 148 Å². The first-order valence-electron chi connectivity index (χ1n) is 7.73. The number of nitrogens with two attached hydrogens (primary N) is 1. The second-order valence-electron chi connectivity index (χ2n) is 6.00. The number of carbonyl (C=O) groups excluding carboxylic acids is 2. The summed E-state index contributed by atoms with van der Waals surface area (Å²) in [6.45, 7) is 4.04. The van der Waals surface area contributed by atoms with E-state index in [0.717, 1.165) is 0 Å². The van der Waals surface area contributed by atoms with Crippen LogP contribution >= 0.6 is 12.4 Å². The van der Waals surface area contributed by atoms with Crippen LogP contribution in [-0.2, 0) is 4.79 Å². The van der Waals surface area contributed by atoms with E-state index in [4.69, 9.17) is 5.73 Å². The molecular weight excluding hydrogens is 324 g/mol. The highest BCUT2D eigenvalue weighted by atomic mass is 35.5. The molecule has 0 saturated heterocycles. The van der Waals surface area contributed by atoms with Crippen molar-refractivity contribution in [3.8, 4) is 0 Å². The summed E-state index contributed by atoms with van der Waals surface area (Å²) in [5.74, 6) is 0.0398. The Kier molecular flexibility index (Phi) is 7.62. The largest absolute Gasteiger partial charge is 0.325 e. The second kappa shape index (κ2) is 9.21. The van der Waals surface area contributed by atoms with Crippen molar-refractivity contribution in [3.63, 3.8) is 0 Å². The summed E-state index contributed by atoms with van der Waals surface area (Å²) in [6, 6.07) is 15.4. The van der Waals surface area contributed by atoms with E-state index in [1.807, 2.05) is 32.0 Å². The lowest BCUT2D eigenvalue weighted by Gasteiger charge is -2.14. The van der Waals surface area contributed by atoms with Gasteiger partial charge in [0, 0.05) is 16.8 Å². The first kappa shape index (κ1) is 19.9. The summed E-state index contributed by atoms with van der Waals surface area (Å²) in [6.07, 6.45) is 0.620. The van der Waals surface area contributed by atoms with Gasteiger partial charge in [0.15, 0.2) is 5.78 Å². The Morgan fingerprint density at radius 3 is 2.25 bits per heavy atom. The zero-order valence-corrected chi connectivity index (χ0v) is 14.7. The topological polar surface area (TPSA) is 72.2 Å². The maximum absolute atomic E-state index is 12.4. The van der Waals surface area contributed by atoms with E-state index in [9.17, 15) is 9.59 Å². The van der Waals surface area contributed by atoms with Crippen molar-refractivity contribution >= 4 is 29.8 Å². The van der Waals surface area contributed by atoms with Crippen molar-refractivity contribution in [2.24, 2.45) is 11.7 Å². The Morgan fingerprint density at radius 1 is 1.00 bits per heavy atom. The molecule has 0 aliphatic carbocycles. The third-order valence-corrected chi connectivity index (χ3v) is 3.49. The highest BCUT2D eigenvalue weighted by molar-refractivity contribution is 6.09. The number of halogens is 1. The fourth-order valence-corrected chi connectivity index (χ4v) is 2.34. The summed E-state index contributed by atoms with van der Waals surface area (Å²) in [4.78, 5) is 24.5. The lowest BCUT2D eigenvalue weighted by Crippen LogP contribution is -2.36. The zero-order valence-electron chi connectivity index (χ0n) is 13.9. The number of hydrogen-bond donors (Lipinski definition) is 2. The van der Waals surface area contributed by atoms with Crippen molar-refractivity contribution in [1.29, 1.82) is 0 Å². The van der Waals surface area contributed by atoms with Crippen LogP contribution in [0.25, 0.3) is 0 Å². The molecule has 0 aliphatic heterocycles. The molecule has 2 rings (SSSR count). The first-order chi connectivity index (χ1) is 11.0. The number of hydrogen-bond acceptors (Lipinski definition) is 3. The highest BCUT2D eigenvalue weighted by Gasteiger charge is 2.16. The van der Waals surface area contributed by atoms with Crippen LogP contribution < -0.4 is 11.1 Å². The molecule has 0 unspecified atom stereocenters. The maximum atomic E-state index is 12.4. The quantitative estimate of drug-likeness (QED) is 0.784. The number of amides is 1. The molecule has 24 heavy (non-hydrogen) atoms. The van der Waals surface area contributed by atoms with Crippen LogP contribution in [0.3, 0.4) is 0 Å². The van der Waals surface area contributed by atoms with Gasteiger partial charge < -0.3 is 11.1 Å². The average Bonchev–Trinajstić information content (AvgIpc) is 2.54. The van der Waals surface area contributed by atoms with Gasteiger partial charge in [0.2, 0.25) is 5.91 Å². The highest BCUT2D eigenvalue weighted by Crippen LogP contribution is 2.15. The molecule has 4 nitrogen and oxygen atoms in total. The molecule has 0 aliphatic rings. The number of anilines is 1. The molecule has 128 valence electrons. The van der Waals surface area contributed by atoms with Crippen LogP contribution in [-0.4, -0.2) is 17.7 Å². The molecule has 5 heteroatoms. The van der Waals surface area contributed by atoms with Crippen molar-refractivity contribution in [1.82, 2.24) is 0 Å². The van der Waals surface area contributed by atoms with Gasteiger partial charge in [-0.15, -0.1) is 12.4 Å². The predicted octanol–water partition coefficient (Wildman–Crippen LogP) is 3.65. The van der Waals surface area contributed by atoms with Gasteiger partial charge in [-0.3, -0.25) is 9.59 Å². The second-order valence-corrected chi connectivity index (χ2v) is 6.00. The van der Waals surface area contributed by atoms with Crippen molar-refractivity contribution in [2.45, 2.75) is 26.3 Å². The van der Waals surface area contributed by atoms with Gasteiger partial charge in [-0.2, -0.15) is 0 Å². The van der Waals surface area contributed by atoms with E-state index in [0.29, 0.717) is 29.2 Å². The molecule has 0 aromatic heterocycles. The summed E-state index contributed by atoms with van der Waals surface area (Å²) >= 11 is 0. The Hall–Kier alpha value is -2.17. The van der Waals surface area contributed by atoms with E-state index >= 15 is 0 Å².